The van der Waals surface area contributed by atoms with Gasteiger partial charge in [-0.1, -0.05) is 0 Å². The van der Waals surface area contributed by atoms with Gasteiger partial charge in [0.15, 0.2) is 6.10 Å². The topological polar surface area (TPSA) is 110 Å². The SMILES string of the molecule is Cc1cc(C)c([N+](=O)[O-])cc1C(=O)N1CCOC(C(=O)O)C1. The van der Waals surface area contributed by atoms with Gasteiger partial charge in [-0.25, -0.2) is 4.79 Å². The van der Waals surface area contributed by atoms with Gasteiger partial charge >= 0.3 is 5.97 Å². The maximum atomic E-state index is 12.5. The third-order valence-electron chi connectivity index (χ3n) is 3.60. The highest BCUT2D eigenvalue weighted by Gasteiger charge is 2.30. The second kappa shape index (κ2) is 6.10. The van der Waals surface area contributed by atoms with Crippen molar-refractivity contribution >= 4 is 17.6 Å². The molecule has 0 radical (unpaired) electrons. The first-order chi connectivity index (χ1) is 10.3. The maximum Gasteiger partial charge on any atom is 0.334 e. The van der Waals surface area contributed by atoms with E-state index in [0.717, 1.165) is 0 Å². The van der Waals surface area contributed by atoms with Gasteiger partial charge in [-0.3, -0.25) is 14.9 Å². The predicted octanol–water partition coefficient (Wildman–Crippen LogP) is 1.14. The lowest BCUT2D eigenvalue weighted by Crippen LogP contribution is -2.48. The number of carboxylic acid groups (broad SMARTS) is 1. The standard InChI is InChI=1S/C14H16N2O6/c1-8-5-9(2)11(16(20)21)6-10(8)13(17)15-3-4-22-12(7-15)14(18)19/h5-6,12H,3-4,7H2,1-2H3,(H,18,19). The first-order valence-electron chi connectivity index (χ1n) is 6.70. The number of nitro benzene ring substituents is 1. The summed E-state index contributed by atoms with van der Waals surface area (Å²) in [7, 11) is 0. The molecule has 1 fully saturated rings. The molecule has 1 aromatic rings. The number of carbonyl (C=O) groups is 2. The van der Waals surface area contributed by atoms with Crippen LogP contribution in [0.5, 0.6) is 0 Å². The zero-order chi connectivity index (χ0) is 16.4. The molecular weight excluding hydrogens is 292 g/mol. The zero-order valence-electron chi connectivity index (χ0n) is 12.2. The Labute approximate surface area is 126 Å². The van der Waals surface area contributed by atoms with Crippen LogP contribution < -0.4 is 0 Å². The molecule has 1 unspecified atom stereocenters. The number of morpholine rings is 1. The Morgan fingerprint density at radius 1 is 1.36 bits per heavy atom. The minimum Gasteiger partial charge on any atom is -0.479 e. The van der Waals surface area contributed by atoms with E-state index in [4.69, 9.17) is 9.84 Å². The molecule has 22 heavy (non-hydrogen) atoms. The Bertz CT molecular complexity index is 642. The molecular formula is C14H16N2O6. The average molecular weight is 308 g/mol. The molecule has 1 aromatic carbocycles. The van der Waals surface area contributed by atoms with Crippen molar-refractivity contribution in [3.8, 4) is 0 Å². The van der Waals surface area contributed by atoms with Crippen LogP contribution in [0, 0.1) is 24.0 Å². The van der Waals surface area contributed by atoms with Crippen LogP contribution in [0.2, 0.25) is 0 Å². The van der Waals surface area contributed by atoms with Crippen molar-refractivity contribution < 1.29 is 24.4 Å². The van der Waals surface area contributed by atoms with Crippen LogP contribution in [0.25, 0.3) is 0 Å². The predicted molar refractivity (Wildman–Crippen MR) is 75.8 cm³/mol. The van der Waals surface area contributed by atoms with Crippen molar-refractivity contribution in [3.63, 3.8) is 0 Å². The number of carbonyl (C=O) groups excluding carboxylic acids is 1. The molecule has 0 aliphatic carbocycles. The first kappa shape index (κ1) is 15.9. The zero-order valence-corrected chi connectivity index (χ0v) is 12.2. The second-order valence-corrected chi connectivity index (χ2v) is 5.16. The Balaban J connectivity index is 2.31. The molecule has 0 bridgehead atoms. The summed E-state index contributed by atoms with van der Waals surface area (Å²) in [6.45, 7) is 3.60. The summed E-state index contributed by atoms with van der Waals surface area (Å²) in [4.78, 5) is 35.3. The summed E-state index contributed by atoms with van der Waals surface area (Å²) >= 11 is 0. The lowest BCUT2D eigenvalue weighted by molar-refractivity contribution is -0.385. The van der Waals surface area contributed by atoms with E-state index in [-0.39, 0.29) is 30.9 Å². The van der Waals surface area contributed by atoms with Crippen molar-refractivity contribution in [1.82, 2.24) is 4.90 Å². The van der Waals surface area contributed by atoms with Gasteiger partial charge in [0.1, 0.15) is 0 Å². The fourth-order valence-corrected chi connectivity index (χ4v) is 2.42. The van der Waals surface area contributed by atoms with Gasteiger partial charge < -0.3 is 14.7 Å². The second-order valence-electron chi connectivity index (χ2n) is 5.16. The molecule has 1 aliphatic rings. The van der Waals surface area contributed by atoms with Crippen molar-refractivity contribution in [2.45, 2.75) is 20.0 Å². The maximum absolute atomic E-state index is 12.5. The quantitative estimate of drug-likeness (QED) is 0.662. The summed E-state index contributed by atoms with van der Waals surface area (Å²) in [5, 5.41) is 20.0. The molecule has 8 heteroatoms. The summed E-state index contributed by atoms with van der Waals surface area (Å²) in [6, 6.07) is 2.83. The fraction of sp³-hybridized carbons (Fsp3) is 0.429. The van der Waals surface area contributed by atoms with Gasteiger partial charge in [0, 0.05) is 23.7 Å². The van der Waals surface area contributed by atoms with Crippen LogP contribution in [0.15, 0.2) is 12.1 Å². The van der Waals surface area contributed by atoms with Crippen molar-refractivity contribution in [3.05, 3.63) is 38.9 Å². The van der Waals surface area contributed by atoms with E-state index in [1.165, 1.54) is 11.0 Å². The Hall–Kier alpha value is -2.48. The average Bonchev–Trinajstić information content (AvgIpc) is 2.46. The van der Waals surface area contributed by atoms with Crippen molar-refractivity contribution in [2.75, 3.05) is 19.7 Å². The molecule has 1 aliphatic heterocycles. The van der Waals surface area contributed by atoms with Gasteiger partial charge in [0.2, 0.25) is 0 Å². The van der Waals surface area contributed by atoms with E-state index in [0.29, 0.717) is 11.1 Å². The van der Waals surface area contributed by atoms with Crippen molar-refractivity contribution in [2.24, 2.45) is 0 Å². The summed E-state index contributed by atoms with van der Waals surface area (Å²) in [5.41, 5.74) is 1.18. The highest BCUT2D eigenvalue weighted by atomic mass is 16.6. The summed E-state index contributed by atoms with van der Waals surface area (Å²) in [6.07, 6.45) is -1.07. The Kier molecular flexibility index (Phi) is 4.41. The molecule has 1 heterocycles. The van der Waals surface area contributed by atoms with E-state index in [1.807, 2.05) is 0 Å². The number of aliphatic carboxylic acids is 1. The van der Waals surface area contributed by atoms with E-state index in [2.05, 4.69) is 0 Å². The van der Waals surface area contributed by atoms with E-state index in [9.17, 15) is 19.7 Å². The highest BCUT2D eigenvalue weighted by Crippen LogP contribution is 2.24. The lowest BCUT2D eigenvalue weighted by Gasteiger charge is -2.31. The molecule has 8 nitrogen and oxygen atoms in total. The number of hydrogen-bond donors (Lipinski definition) is 1. The van der Waals surface area contributed by atoms with Gasteiger partial charge in [-0.15, -0.1) is 0 Å². The van der Waals surface area contributed by atoms with Crippen LogP contribution in [0.4, 0.5) is 5.69 Å². The van der Waals surface area contributed by atoms with Crippen LogP contribution >= 0.6 is 0 Å². The fourth-order valence-electron chi connectivity index (χ4n) is 2.42. The van der Waals surface area contributed by atoms with Gasteiger partial charge in [0.25, 0.3) is 11.6 Å². The van der Waals surface area contributed by atoms with Gasteiger partial charge in [-0.05, 0) is 25.5 Å². The third-order valence-corrected chi connectivity index (χ3v) is 3.60. The molecule has 118 valence electrons. The normalized spacial score (nSPS) is 18.1. The molecule has 2 rings (SSSR count). The number of nitro groups is 1. The third kappa shape index (κ3) is 3.06. The van der Waals surface area contributed by atoms with E-state index < -0.39 is 22.9 Å². The molecule has 1 atom stereocenters. The number of benzene rings is 1. The molecule has 0 saturated carbocycles. The van der Waals surface area contributed by atoms with Crippen LogP contribution in [0.1, 0.15) is 21.5 Å². The number of carboxylic acids is 1. The summed E-state index contributed by atoms with van der Waals surface area (Å²) in [5.74, 6) is -1.56. The minimum absolute atomic E-state index is 0.0741. The molecule has 1 saturated heterocycles. The number of hydrogen-bond acceptors (Lipinski definition) is 5. The molecule has 1 amide bonds. The number of aryl methyl sites for hydroxylation is 2. The van der Waals surface area contributed by atoms with Gasteiger partial charge in [-0.2, -0.15) is 0 Å². The number of amides is 1. The summed E-state index contributed by atoms with van der Waals surface area (Å²) < 4.78 is 5.07. The first-order valence-corrected chi connectivity index (χ1v) is 6.70. The lowest BCUT2D eigenvalue weighted by atomic mass is 10.0. The van der Waals surface area contributed by atoms with E-state index in [1.54, 1.807) is 19.9 Å². The number of rotatable bonds is 3. The van der Waals surface area contributed by atoms with Crippen LogP contribution in [0.3, 0.4) is 0 Å². The van der Waals surface area contributed by atoms with E-state index >= 15 is 0 Å². The number of ether oxygens (including phenoxy) is 1. The smallest absolute Gasteiger partial charge is 0.334 e. The Morgan fingerprint density at radius 2 is 2.05 bits per heavy atom. The molecule has 1 N–H and O–H groups in total. The molecule has 0 spiro atoms. The molecule has 0 aromatic heterocycles. The van der Waals surface area contributed by atoms with Crippen LogP contribution in [-0.4, -0.2) is 52.6 Å². The minimum atomic E-state index is -1.14. The highest BCUT2D eigenvalue weighted by molar-refractivity contribution is 5.97. The number of nitrogens with zero attached hydrogens (tertiary/aromatic N) is 2. The monoisotopic (exact) mass is 308 g/mol. The van der Waals surface area contributed by atoms with Gasteiger partial charge in [0.05, 0.1) is 18.1 Å². The van der Waals surface area contributed by atoms with Crippen LogP contribution in [-0.2, 0) is 9.53 Å². The van der Waals surface area contributed by atoms with Crippen molar-refractivity contribution in [1.29, 1.82) is 0 Å². The largest absolute Gasteiger partial charge is 0.479 e. The Morgan fingerprint density at radius 3 is 2.64 bits per heavy atom.